The summed E-state index contributed by atoms with van der Waals surface area (Å²) in [5.41, 5.74) is 8.24. The van der Waals surface area contributed by atoms with Crippen molar-refractivity contribution in [3.63, 3.8) is 0 Å². The quantitative estimate of drug-likeness (QED) is 0.890. The number of aromatic nitrogens is 3. The van der Waals surface area contributed by atoms with Gasteiger partial charge in [-0.3, -0.25) is 4.98 Å². The lowest BCUT2D eigenvalue weighted by atomic mass is 9.75. The Morgan fingerprint density at radius 2 is 2.22 bits per heavy atom. The van der Waals surface area contributed by atoms with Crippen LogP contribution in [-0.4, -0.2) is 39.1 Å². The third-order valence-electron chi connectivity index (χ3n) is 4.27. The van der Waals surface area contributed by atoms with Gasteiger partial charge in [-0.25, -0.2) is 4.98 Å². The Balaban J connectivity index is 2.02. The van der Waals surface area contributed by atoms with Crippen molar-refractivity contribution in [2.24, 2.45) is 0 Å². The van der Waals surface area contributed by atoms with Crippen molar-refractivity contribution >= 4 is 17.0 Å². The Labute approximate surface area is 107 Å². The fraction of sp³-hybridized carbons (Fsp3) is 0.538. The van der Waals surface area contributed by atoms with Crippen LogP contribution >= 0.6 is 0 Å². The fourth-order valence-electron chi connectivity index (χ4n) is 2.79. The zero-order chi connectivity index (χ0) is 12.8. The summed E-state index contributed by atoms with van der Waals surface area (Å²) in [6.45, 7) is 0.909. The van der Waals surface area contributed by atoms with Crippen molar-refractivity contribution in [1.82, 2.24) is 19.4 Å². The van der Waals surface area contributed by atoms with E-state index in [-0.39, 0.29) is 5.54 Å². The fourth-order valence-corrected chi connectivity index (χ4v) is 2.79. The van der Waals surface area contributed by atoms with Crippen LogP contribution in [0.3, 0.4) is 0 Å². The van der Waals surface area contributed by atoms with Gasteiger partial charge in [0.1, 0.15) is 5.52 Å². The summed E-state index contributed by atoms with van der Waals surface area (Å²) in [4.78, 5) is 10.8. The molecule has 5 heteroatoms. The van der Waals surface area contributed by atoms with E-state index in [2.05, 4.69) is 33.5 Å². The second-order valence-corrected chi connectivity index (χ2v) is 5.39. The normalized spacial score (nSPS) is 18.2. The summed E-state index contributed by atoms with van der Waals surface area (Å²) in [6.07, 6.45) is 7.31. The average molecular weight is 245 g/mol. The lowest BCUT2D eigenvalue weighted by Gasteiger charge is -2.47. The Hall–Kier alpha value is -1.62. The van der Waals surface area contributed by atoms with Gasteiger partial charge in [-0.2, -0.15) is 0 Å². The maximum atomic E-state index is 6.05. The lowest BCUT2D eigenvalue weighted by molar-refractivity contribution is 0.0440. The van der Waals surface area contributed by atoms with Crippen LogP contribution in [0.2, 0.25) is 0 Å². The minimum absolute atomic E-state index is 0.241. The van der Waals surface area contributed by atoms with E-state index in [0.717, 1.165) is 17.6 Å². The Kier molecular flexibility index (Phi) is 2.52. The van der Waals surface area contributed by atoms with E-state index >= 15 is 0 Å². The molecule has 0 radical (unpaired) electrons. The van der Waals surface area contributed by atoms with Crippen LogP contribution < -0.4 is 5.73 Å². The second kappa shape index (κ2) is 3.95. The first-order valence-electron chi connectivity index (χ1n) is 6.36. The van der Waals surface area contributed by atoms with Crippen molar-refractivity contribution in [2.75, 3.05) is 19.8 Å². The SMILES string of the molecule is CN(C)C1(Cn2c(N)nc3cnccc32)CCC1. The van der Waals surface area contributed by atoms with Crippen LogP contribution in [0.4, 0.5) is 5.95 Å². The van der Waals surface area contributed by atoms with Gasteiger partial charge in [0.15, 0.2) is 0 Å². The molecule has 0 unspecified atom stereocenters. The molecule has 3 rings (SSSR count). The molecule has 96 valence electrons. The predicted octanol–water partition coefficient (Wildman–Crippen LogP) is 1.50. The van der Waals surface area contributed by atoms with Crippen LogP contribution in [-0.2, 0) is 6.54 Å². The van der Waals surface area contributed by atoms with Gasteiger partial charge in [0.2, 0.25) is 5.95 Å². The summed E-state index contributed by atoms with van der Waals surface area (Å²) >= 11 is 0. The van der Waals surface area contributed by atoms with E-state index < -0.39 is 0 Å². The van der Waals surface area contributed by atoms with E-state index in [1.54, 1.807) is 12.4 Å². The number of rotatable bonds is 3. The van der Waals surface area contributed by atoms with Gasteiger partial charge in [-0.1, -0.05) is 0 Å². The Morgan fingerprint density at radius 1 is 1.44 bits per heavy atom. The number of hydrogen-bond acceptors (Lipinski definition) is 4. The molecule has 0 aliphatic heterocycles. The number of likely N-dealkylation sites (N-methyl/N-ethyl adjacent to an activating group) is 1. The summed E-state index contributed by atoms with van der Waals surface area (Å²) in [6, 6.07) is 1.99. The third-order valence-corrected chi connectivity index (χ3v) is 4.27. The first-order chi connectivity index (χ1) is 8.62. The van der Waals surface area contributed by atoms with Gasteiger partial charge >= 0.3 is 0 Å². The average Bonchev–Trinajstić information content (AvgIpc) is 2.59. The number of nitrogens with two attached hydrogens (primary N) is 1. The molecule has 5 nitrogen and oxygen atoms in total. The van der Waals surface area contributed by atoms with E-state index in [4.69, 9.17) is 5.73 Å². The molecule has 0 saturated heterocycles. The molecule has 1 saturated carbocycles. The molecule has 2 aromatic rings. The van der Waals surface area contributed by atoms with E-state index in [9.17, 15) is 0 Å². The number of hydrogen-bond donors (Lipinski definition) is 1. The maximum absolute atomic E-state index is 6.05. The van der Waals surface area contributed by atoms with Gasteiger partial charge < -0.3 is 15.2 Å². The molecule has 18 heavy (non-hydrogen) atoms. The van der Waals surface area contributed by atoms with Crippen LogP contribution in [0.15, 0.2) is 18.5 Å². The first kappa shape index (κ1) is 11.5. The monoisotopic (exact) mass is 245 g/mol. The molecular formula is C13H19N5. The topological polar surface area (TPSA) is 60.0 Å². The van der Waals surface area contributed by atoms with Crippen molar-refractivity contribution in [1.29, 1.82) is 0 Å². The van der Waals surface area contributed by atoms with Crippen molar-refractivity contribution in [3.05, 3.63) is 18.5 Å². The maximum Gasteiger partial charge on any atom is 0.201 e. The van der Waals surface area contributed by atoms with Crippen molar-refractivity contribution in [2.45, 2.75) is 31.3 Å². The summed E-state index contributed by atoms with van der Waals surface area (Å²) in [7, 11) is 4.30. The van der Waals surface area contributed by atoms with E-state index in [0.29, 0.717) is 5.95 Å². The molecule has 1 aliphatic rings. The number of imidazole rings is 1. The van der Waals surface area contributed by atoms with Crippen LogP contribution in [0.1, 0.15) is 19.3 Å². The van der Waals surface area contributed by atoms with Gasteiger partial charge in [0.05, 0.1) is 11.7 Å². The Bertz CT molecular complexity index is 568. The zero-order valence-corrected chi connectivity index (χ0v) is 10.9. The van der Waals surface area contributed by atoms with Gasteiger partial charge in [0, 0.05) is 18.3 Å². The van der Waals surface area contributed by atoms with Crippen LogP contribution in [0.5, 0.6) is 0 Å². The number of nitrogens with zero attached hydrogens (tertiary/aromatic N) is 4. The number of fused-ring (bicyclic) bond motifs is 1. The van der Waals surface area contributed by atoms with Gasteiger partial charge in [-0.05, 0) is 39.4 Å². The summed E-state index contributed by atoms with van der Waals surface area (Å²) in [5, 5.41) is 0. The minimum Gasteiger partial charge on any atom is -0.369 e. The molecule has 2 N–H and O–H groups in total. The lowest BCUT2D eigenvalue weighted by Crippen LogP contribution is -2.53. The van der Waals surface area contributed by atoms with E-state index in [1.807, 2.05) is 6.07 Å². The Morgan fingerprint density at radius 3 is 2.83 bits per heavy atom. The van der Waals surface area contributed by atoms with Crippen LogP contribution in [0, 0.1) is 0 Å². The van der Waals surface area contributed by atoms with Gasteiger partial charge in [0.25, 0.3) is 0 Å². The van der Waals surface area contributed by atoms with Gasteiger partial charge in [-0.15, -0.1) is 0 Å². The van der Waals surface area contributed by atoms with Crippen molar-refractivity contribution in [3.8, 4) is 0 Å². The van der Waals surface area contributed by atoms with E-state index in [1.165, 1.54) is 19.3 Å². The number of pyridine rings is 1. The summed E-state index contributed by atoms with van der Waals surface area (Å²) in [5.74, 6) is 0.589. The molecule has 2 aromatic heterocycles. The molecule has 0 spiro atoms. The smallest absolute Gasteiger partial charge is 0.201 e. The molecular weight excluding hydrogens is 226 g/mol. The van der Waals surface area contributed by atoms with Crippen molar-refractivity contribution < 1.29 is 0 Å². The first-order valence-corrected chi connectivity index (χ1v) is 6.36. The highest BCUT2D eigenvalue weighted by Crippen LogP contribution is 2.38. The third kappa shape index (κ3) is 1.58. The predicted molar refractivity (Wildman–Crippen MR) is 72.2 cm³/mol. The largest absolute Gasteiger partial charge is 0.369 e. The molecule has 1 fully saturated rings. The molecule has 0 bridgehead atoms. The standard InChI is InChI=1S/C13H19N5/c1-17(2)13(5-3-6-13)9-18-11-4-7-15-8-10(11)16-12(18)14/h4,7-8H,3,5-6,9H2,1-2H3,(H2,14,16). The second-order valence-electron chi connectivity index (χ2n) is 5.39. The minimum atomic E-state index is 0.241. The number of nitrogen functional groups attached to an aromatic ring is 1. The molecule has 2 heterocycles. The summed E-state index contributed by atoms with van der Waals surface area (Å²) < 4.78 is 2.12. The highest BCUT2D eigenvalue weighted by molar-refractivity contribution is 5.77. The molecule has 0 atom stereocenters. The zero-order valence-electron chi connectivity index (χ0n) is 10.9. The number of anilines is 1. The highest BCUT2D eigenvalue weighted by Gasteiger charge is 2.40. The molecule has 0 amide bonds. The molecule has 0 aromatic carbocycles. The highest BCUT2D eigenvalue weighted by atomic mass is 15.2. The van der Waals surface area contributed by atoms with Crippen LogP contribution in [0.25, 0.3) is 11.0 Å². The molecule has 1 aliphatic carbocycles.